The standard InChI is InChI=1S/C3H3IO2.Ga.3H/c1-2(4)3(5)6;;;;/h1H2,(H,5,6);;;;. The van der Waals surface area contributed by atoms with E-state index in [0.717, 1.165) is 0 Å². The van der Waals surface area contributed by atoms with Gasteiger partial charge in [0.15, 0.2) is 0 Å². The normalized spacial score (nSPS) is 6.43. The molecule has 0 amide bonds. The van der Waals surface area contributed by atoms with E-state index in [1.807, 2.05) is 0 Å². The Kier molecular flexibility index (Phi) is 7.12. The number of carboxylic acids is 1. The summed E-state index contributed by atoms with van der Waals surface area (Å²) in [7, 11) is 0. The van der Waals surface area contributed by atoms with E-state index in [9.17, 15) is 4.79 Å². The molecule has 0 bridgehead atoms. The topological polar surface area (TPSA) is 37.3 Å². The first-order valence-electron chi connectivity index (χ1n) is 1.22. The molecule has 0 rings (SSSR count). The Balaban J connectivity index is 0. The molecule has 4 heteroatoms. The molecule has 0 aliphatic rings. The van der Waals surface area contributed by atoms with E-state index in [1.54, 1.807) is 22.6 Å². The van der Waals surface area contributed by atoms with Crippen LogP contribution >= 0.6 is 22.6 Å². The molecule has 0 aliphatic heterocycles. The molecule has 0 unspecified atom stereocenters. The van der Waals surface area contributed by atoms with Crippen molar-refractivity contribution in [2.45, 2.75) is 0 Å². The van der Waals surface area contributed by atoms with Crippen molar-refractivity contribution in [2.24, 2.45) is 0 Å². The van der Waals surface area contributed by atoms with Crippen molar-refractivity contribution in [3.63, 3.8) is 0 Å². The van der Waals surface area contributed by atoms with E-state index < -0.39 is 5.97 Å². The Morgan fingerprint density at radius 3 is 1.86 bits per heavy atom. The van der Waals surface area contributed by atoms with Gasteiger partial charge in [-0.05, 0) is 22.6 Å². The van der Waals surface area contributed by atoms with Crippen LogP contribution in [0.15, 0.2) is 10.2 Å². The molecule has 40 valence electrons. The minimum absolute atomic E-state index is 0. The second kappa shape index (κ2) is 4.73. The predicted octanol–water partition coefficient (Wildman–Crippen LogP) is -0.164. The molecule has 2 nitrogen and oxygen atoms in total. The molecule has 7 heavy (non-hydrogen) atoms. The number of rotatable bonds is 1. The Hall–Kier alpha value is 0.576. The fourth-order valence-electron chi connectivity index (χ4n) is 0. The quantitative estimate of drug-likeness (QED) is 0.408. The third-order valence-corrected chi connectivity index (χ3v) is 0.693. The van der Waals surface area contributed by atoms with E-state index in [-0.39, 0.29) is 23.4 Å². The van der Waals surface area contributed by atoms with Gasteiger partial charge in [0.05, 0.1) is 3.58 Å². The fraction of sp³-hybridized carbons (Fsp3) is 0. The van der Waals surface area contributed by atoms with Crippen LogP contribution in [-0.2, 0) is 4.79 Å². The van der Waals surface area contributed by atoms with E-state index in [2.05, 4.69) is 6.58 Å². The maximum atomic E-state index is 9.59. The molecule has 0 saturated carbocycles. The van der Waals surface area contributed by atoms with Crippen molar-refractivity contribution in [3.8, 4) is 0 Å². The molecule has 0 aromatic carbocycles. The van der Waals surface area contributed by atoms with Gasteiger partial charge in [-0.3, -0.25) is 0 Å². The van der Waals surface area contributed by atoms with Crippen LogP contribution < -0.4 is 0 Å². The summed E-state index contributed by atoms with van der Waals surface area (Å²) in [6.07, 6.45) is 0. The number of carboxylic acid groups (broad SMARTS) is 1. The Labute approximate surface area is 68.2 Å². The zero-order valence-corrected chi connectivity index (χ0v) is 5.10. The minimum atomic E-state index is -0.949. The summed E-state index contributed by atoms with van der Waals surface area (Å²) in [4.78, 5) is 9.59. The van der Waals surface area contributed by atoms with Gasteiger partial charge in [-0.25, -0.2) is 4.79 Å². The van der Waals surface area contributed by atoms with Crippen LogP contribution in [-0.4, -0.2) is 30.9 Å². The van der Waals surface area contributed by atoms with Crippen LogP contribution in [0, 0.1) is 0 Å². The average molecular weight is 271 g/mol. The van der Waals surface area contributed by atoms with E-state index in [4.69, 9.17) is 5.11 Å². The van der Waals surface area contributed by atoms with Crippen molar-refractivity contribution in [3.05, 3.63) is 10.2 Å². The first-order valence-corrected chi connectivity index (χ1v) is 2.30. The summed E-state index contributed by atoms with van der Waals surface area (Å²) >= 11 is 1.64. The summed E-state index contributed by atoms with van der Waals surface area (Å²) < 4.78 is 0.146. The van der Waals surface area contributed by atoms with Gasteiger partial charge in [0.1, 0.15) is 0 Å². The number of halogens is 1. The van der Waals surface area contributed by atoms with Gasteiger partial charge >= 0.3 is 25.8 Å². The van der Waals surface area contributed by atoms with E-state index in [0.29, 0.717) is 0 Å². The van der Waals surface area contributed by atoms with Gasteiger partial charge < -0.3 is 5.11 Å². The molecular weight excluding hydrogens is 265 g/mol. The molecule has 0 aromatic rings. The molecule has 0 saturated heterocycles. The molecular formula is C3H6GaIO2. The SMILES string of the molecule is C=C(I)C(=O)O.[GaH3]. The summed E-state index contributed by atoms with van der Waals surface area (Å²) in [5.74, 6) is -0.949. The number of hydrogen-bond donors (Lipinski definition) is 1. The van der Waals surface area contributed by atoms with Gasteiger partial charge in [-0.15, -0.1) is 0 Å². The molecule has 0 heterocycles. The Morgan fingerprint density at radius 1 is 1.71 bits per heavy atom. The van der Waals surface area contributed by atoms with Gasteiger partial charge in [0.25, 0.3) is 0 Å². The maximum absolute atomic E-state index is 9.59. The number of aliphatic carboxylic acids is 1. The van der Waals surface area contributed by atoms with Crippen molar-refractivity contribution in [1.29, 1.82) is 0 Å². The zero-order valence-electron chi connectivity index (χ0n) is 2.94. The van der Waals surface area contributed by atoms with Crippen LogP contribution in [0.3, 0.4) is 0 Å². The summed E-state index contributed by atoms with van der Waals surface area (Å²) in [6.45, 7) is 3.14. The van der Waals surface area contributed by atoms with Crippen molar-refractivity contribution in [2.75, 3.05) is 0 Å². The molecule has 0 atom stereocenters. The average Bonchev–Trinajstić information content (AvgIpc) is 1.36. The van der Waals surface area contributed by atoms with Crippen LogP contribution in [0.2, 0.25) is 0 Å². The predicted molar refractivity (Wildman–Crippen MR) is 40.7 cm³/mol. The van der Waals surface area contributed by atoms with Crippen LogP contribution in [0.1, 0.15) is 0 Å². The van der Waals surface area contributed by atoms with Gasteiger partial charge in [-0.1, -0.05) is 6.58 Å². The number of hydrogen-bond acceptors (Lipinski definition) is 1. The Bertz CT molecular complexity index is 78.9. The van der Waals surface area contributed by atoms with Crippen molar-refractivity contribution >= 4 is 48.4 Å². The van der Waals surface area contributed by atoms with Crippen molar-refractivity contribution in [1.82, 2.24) is 0 Å². The van der Waals surface area contributed by atoms with Gasteiger partial charge in [-0.2, -0.15) is 0 Å². The molecule has 0 aliphatic carbocycles. The summed E-state index contributed by atoms with van der Waals surface area (Å²) in [5.41, 5.74) is 0. The van der Waals surface area contributed by atoms with E-state index in [1.165, 1.54) is 0 Å². The molecule has 1 N–H and O–H groups in total. The molecule has 0 radical (unpaired) electrons. The first-order chi connectivity index (χ1) is 2.64. The van der Waals surface area contributed by atoms with E-state index >= 15 is 0 Å². The summed E-state index contributed by atoms with van der Waals surface area (Å²) in [6, 6.07) is 0. The summed E-state index contributed by atoms with van der Waals surface area (Å²) in [5, 5.41) is 7.88. The number of carbonyl (C=O) groups is 1. The first kappa shape index (κ1) is 10.5. The fourth-order valence-corrected chi connectivity index (χ4v) is 0. The Morgan fingerprint density at radius 2 is 1.86 bits per heavy atom. The molecule has 0 fully saturated rings. The second-order valence-electron chi connectivity index (χ2n) is 0.710. The molecule has 0 aromatic heterocycles. The van der Waals surface area contributed by atoms with Crippen molar-refractivity contribution < 1.29 is 9.90 Å². The van der Waals surface area contributed by atoms with Crippen LogP contribution in [0.25, 0.3) is 0 Å². The third kappa shape index (κ3) is 6.58. The van der Waals surface area contributed by atoms with Crippen LogP contribution in [0.4, 0.5) is 0 Å². The third-order valence-electron chi connectivity index (χ3n) is 0.232. The van der Waals surface area contributed by atoms with Gasteiger partial charge in [0.2, 0.25) is 0 Å². The monoisotopic (exact) mass is 270 g/mol. The van der Waals surface area contributed by atoms with Crippen LogP contribution in [0.5, 0.6) is 0 Å². The van der Waals surface area contributed by atoms with Gasteiger partial charge in [0, 0.05) is 0 Å². The molecule has 0 spiro atoms. The second-order valence-corrected chi connectivity index (χ2v) is 2.01. The zero-order chi connectivity index (χ0) is 5.15.